The maximum atomic E-state index is 14.0. The van der Waals surface area contributed by atoms with Crippen molar-refractivity contribution >= 4 is 17.2 Å². The predicted molar refractivity (Wildman–Crippen MR) is 119 cm³/mol. The molecule has 0 amide bonds. The van der Waals surface area contributed by atoms with Crippen molar-refractivity contribution < 1.29 is 5.11 Å². The van der Waals surface area contributed by atoms with Gasteiger partial charge in [-0.15, -0.1) is 0 Å². The number of hydrogen-bond acceptors (Lipinski definition) is 3. The summed E-state index contributed by atoms with van der Waals surface area (Å²) in [5.41, 5.74) is 6.61. The maximum absolute atomic E-state index is 14.0. The smallest absolute Gasteiger partial charge is 0.264 e. The number of aromatic hydroxyl groups is 1. The summed E-state index contributed by atoms with van der Waals surface area (Å²) in [6.07, 6.45) is 12.0. The van der Waals surface area contributed by atoms with Gasteiger partial charge in [0, 0.05) is 28.1 Å². The molecule has 0 saturated carbocycles. The van der Waals surface area contributed by atoms with Gasteiger partial charge < -0.3 is 5.11 Å². The lowest BCUT2D eigenvalue weighted by Gasteiger charge is -2.14. The number of allylic oxidation sites excluding steroid dienone is 5. The van der Waals surface area contributed by atoms with Crippen molar-refractivity contribution in [3.05, 3.63) is 86.8 Å². The fraction of sp³-hybridized carbons (Fsp3) is 0.231. The third-order valence-electron chi connectivity index (χ3n) is 6.59. The molecule has 30 heavy (non-hydrogen) atoms. The van der Waals surface area contributed by atoms with Crippen molar-refractivity contribution in [2.75, 3.05) is 0 Å². The normalized spacial score (nSPS) is 19.4. The standard InChI is InChI=1S/C26H22N2O2/c1-15-9-5-6-13-18-23(15)28-24(25(18)29)22-21(17-12-7-8-14-19(17)27-22)20(26(28)30)16-10-3-2-4-11-16/h2-4,6-7,10-13,15,29H,5,8-9,14H2,1H3. The molecule has 4 heteroatoms. The molecule has 0 fully saturated rings. The maximum Gasteiger partial charge on any atom is 0.264 e. The molecule has 1 N–H and O–H groups in total. The third kappa shape index (κ3) is 2.22. The first-order chi connectivity index (χ1) is 14.7. The van der Waals surface area contributed by atoms with E-state index >= 15 is 0 Å². The summed E-state index contributed by atoms with van der Waals surface area (Å²) in [6, 6.07) is 9.85. The Morgan fingerprint density at radius 3 is 2.70 bits per heavy atom. The molecular weight excluding hydrogens is 372 g/mol. The van der Waals surface area contributed by atoms with Crippen LogP contribution in [0.4, 0.5) is 0 Å². The Morgan fingerprint density at radius 1 is 1.07 bits per heavy atom. The van der Waals surface area contributed by atoms with Crippen molar-refractivity contribution in [3.8, 4) is 16.9 Å². The average Bonchev–Trinajstić information content (AvgIpc) is 3.20. The molecular formula is C26H22N2O2. The van der Waals surface area contributed by atoms with Crippen LogP contribution in [0.3, 0.4) is 0 Å². The fourth-order valence-electron chi connectivity index (χ4n) is 5.19. The van der Waals surface area contributed by atoms with Crippen molar-refractivity contribution in [2.24, 2.45) is 4.99 Å². The van der Waals surface area contributed by atoms with E-state index in [1.807, 2.05) is 36.4 Å². The SMILES string of the molecule is CC1CCC=Cc2c(O)c3c4c(c(-c5ccccc5)c(=O)n3c21)C1=C(CCC=C1)N=4. The summed E-state index contributed by atoms with van der Waals surface area (Å²) >= 11 is 0. The highest BCUT2D eigenvalue weighted by Crippen LogP contribution is 2.41. The average molecular weight is 394 g/mol. The summed E-state index contributed by atoms with van der Waals surface area (Å²) in [5.74, 6) is 0.345. The van der Waals surface area contributed by atoms with E-state index in [9.17, 15) is 9.90 Å². The van der Waals surface area contributed by atoms with Crippen LogP contribution in [-0.2, 0) is 0 Å². The van der Waals surface area contributed by atoms with Crippen LogP contribution in [-0.4, -0.2) is 9.51 Å². The van der Waals surface area contributed by atoms with Crippen molar-refractivity contribution in [1.82, 2.24) is 4.40 Å². The number of pyridine rings is 1. The molecule has 4 nitrogen and oxygen atoms in total. The minimum absolute atomic E-state index is 0.0726. The van der Waals surface area contributed by atoms with E-state index < -0.39 is 0 Å². The first kappa shape index (κ1) is 17.5. The number of rotatable bonds is 1. The van der Waals surface area contributed by atoms with Gasteiger partial charge in [0.15, 0.2) is 5.75 Å². The molecule has 2 aliphatic carbocycles. The minimum Gasteiger partial charge on any atom is -0.505 e. The monoisotopic (exact) mass is 394 g/mol. The highest BCUT2D eigenvalue weighted by molar-refractivity contribution is 5.92. The Morgan fingerprint density at radius 2 is 1.87 bits per heavy atom. The summed E-state index contributed by atoms with van der Waals surface area (Å²) in [7, 11) is 0. The lowest BCUT2D eigenvalue weighted by molar-refractivity contribution is 0.480. The molecule has 3 aromatic rings. The Labute approximate surface area is 174 Å². The van der Waals surface area contributed by atoms with Crippen molar-refractivity contribution in [3.63, 3.8) is 0 Å². The fourth-order valence-corrected chi connectivity index (χ4v) is 5.19. The molecule has 0 radical (unpaired) electrons. The van der Waals surface area contributed by atoms with Crippen LogP contribution in [0.5, 0.6) is 5.75 Å². The van der Waals surface area contributed by atoms with Gasteiger partial charge in [-0.1, -0.05) is 61.6 Å². The predicted octanol–water partition coefficient (Wildman–Crippen LogP) is 5.00. The molecule has 148 valence electrons. The molecule has 2 aromatic heterocycles. The second kappa shape index (κ2) is 6.30. The first-order valence-electron chi connectivity index (χ1n) is 10.6. The third-order valence-corrected chi connectivity index (χ3v) is 6.59. The van der Waals surface area contributed by atoms with Crippen LogP contribution in [0.1, 0.15) is 55.3 Å². The van der Waals surface area contributed by atoms with E-state index in [4.69, 9.17) is 4.99 Å². The molecule has 3 heterocycles. The molecule has 3 aliphatic rings. The topological polar surface area (TPSA) is 54.1 Å². The van der Waals surface area contributed by atoms with Crippen LogP contribution < -0.4 is 10.9 Å². The summed E-state index contributed by atoms with van der Waals surface area (Å²) < 4.78 is 1.75. The van der Waals surface area contributed by atoms with E-state index in [1.165, 1.54) is 0 Å². The van der Waals surface area contributed by atoms with Gasteiger partial charge in [0.05, 0.1) is 10.9 Å². The first-order valence-corrected chi connectivity index (χ1v) is 10.6. The van der Waals surface area contributed by atoms with Gasteiger partial charge in [0.25, 0.3) is 5.56 Å². The largest absolute Gasteiger partial charge is 0.505 e. The van der Waals surface area contributed by atoms with Crippen molar-refractivity contribution in [2.45, 2.75) is 38.5 Å². The quantitative estimate of drug-likeness (QED) is 0.632. The summed E-state index contributed by atoms with van der Waals surface area (Å²) in [4.78, 5) is 19.0. The molecule has 1 unspecified atom stereocenters. The molecule has 1 aromatic carbocycles. The second-order valence-electron chi connectivity index (χ2n) is 8.40. The van der Waals surface area contributed by atoms with Gasteiger partial charge in [0.1, 0.15) is 5.52 Å². The lowest BCUT2D eigenvalue weighted by Crippen LogP contribution is -2.26. The van der Waals surface area contributed by atoms with E-state index in [1.54, 1.807) is 4.40 Å². The number of aromatic nitrogens is 1. The lowest BCUT2D eigenvalue weighted by atomic mass is 9.92. The van der Waals surface area contributed by atoms with Crippen LogP contribution in [0.15, 0.2) is 64.0 Å². The van der Waals surface area contributed by atoms with Crippen LogP contribution in [0.2, 0.25) is 0 Å². The van der Waals surface area contributed by atoms with Crippen LogP contribution >= 0.6 is 0 Å². The summed E-state index contributed by atoms with van der Waals surface area (Å²) in [6.45, 7) is 2.13. The van der Waals surface area contributed by atoms with Crippen LogP contribution in [0.25, 0.3) is 28.3 Å². The number of benzene rings is 1. The highest BCUT2D eigenvalue weighted by atomic mass is 16.3. The molecule has 0 saturated heterocycles. The molecule has 0 bridgehead atoms. The second-order valence-corrected chi connectivity index (χ2v) is 8.40. The Hall–Kier alpha value is -3.40. The number of fused-ring (bicyclic) bond motifs is 6. The van der Waals surface area contributed by atoms with Gasteiger partial charge in [0.2, 0.25) is 0 Å². The summed E-state index contributed by atoms with van der Waals surface area (Å²) in [5, 5.41) is 12.0. The Balaban J connectivity index is 1.85. The van der Waals surface area contributed by atoms with Gasteiger partial charge in [-0.2, -0.15) is 0 Å². The van der Waals surface area contributed by atoms with E-state index in [0.29, 0.717) is 11.1 Å². The van der Waals surface area contributed by atoms with Gasteiger partial charge in [-0.25, -0.2) is 4.99 Å². The molecule has 6 rings (SSSR count). The Kier molecular flexibility index (Phi) is 3.66. The number of nitrogens with zero attached hydrogens (tertiary/aromatic N) is 2. The van der Waals surface area contributed by atoms with Crippen molar-refractivity contribution in [1.29, 1.82) is 0 Å². The number of hydrogen-bond donors (Lipinski definition) is 1. The minimum atomic E-state index is -0.0726. The van der Waals surface area contributed by atoms with E-state index in [0.717, 1.165) is 64.7 Å². The van der Waals surface area contributed by atoms with E-state index in [-0.39, 0.29) is 17.2 Å². The molecule has 1 aliphatic heterocycles. The highest BCUT2D eigenvalue weighted by Gasteiger charge is 2.32. The molecule has 1 atom stereocenters. The Bertz CT molecular complexity index is 1420. The zero-order valence-corrected chi connectivity index (χ0v) is 16.9. The molecule has 0 spiro atoms. The van der Waals surface area contributed by atoms with Gasteiger partial charge in [-0.05, 0) is 37.2 Å². The zero-order chi connectivity index (χ0) is 20.4. The zero-order valence-electron chi connectivity index (χ0n) is 16.9. The van der Waals surface area contributed by atoms with Gasteiger partial charge in [-0.3, -0.25) is 9.20 Å². The van der Waals surface area contributed by atoms with Crippen LogP contribution in [0, 0.1) is 0 Å². The van der Waals surface area contributed by atoms with Gasteiger partial charge >= 0.3 is 0 Å². The van der Waals surface area contributed by atoms with E-state index in [2.05, 4.69) is 25.2 Å².